The van der Waals surface area contributed by atoms with E-state index in [9.17, 15) is 4.79 Å². The molecule has 0 aromatic heterocycles. The molecular formula is C17H27N2O3S+. The van der Waals surface area contributed by atoms with Crippen LogP contribution >= 0.6 is 11.8 Å². The fourth-order valence-electron chi connectivity index (χ4n) is 2.80. The average molecular weight is 339 g/mol. The monoisotopic (exact) mass is 339 g/mol. The normalized spacial score (nSPS) is 16.2. The highest BCUT2D eigenvalue weighted by Crippen LogP contribution is 2.25. The lowest BCUT2D eigenvalue weighted by Gasteiger charge is -2.37. The number of nitrogens with one attached hydrogen (secondary N) is 2. The molecule has 128 valence electrons. The molecule has 0 unspecified atom stereocenters. The number of morpholine rings is 1. The summed E-state index contributed by atoms with van der Waals surface area (Å²) in [6, 6.07) is 5.67. The van der Waals surface area contributed by atoms with Crippen molar-refractivity contribution in [2.45, 2.75) is 24.3 Å². The maximum absolute atomic E-state index is 12.5. The molecule has 1 amide bonds. The van der Waals surface area contributed by atoms with Gasteiger partial charge >= 0.3 is 0 Å². The van der Waals surface area contributed by atoms with Crippen molar-refractivity contribution in [3.8, 4) is 5.75 Å². The number of amides is 1. The summed E-state index contributed by atoms with van der Waals surface area (Å²) in [5.41, 5.74) is 0.560. The van der Waals surface area contributed by atoms with E-state index in [1.807, 2.05) is 24.5 Å². The maximum atomic E-state index is 12.5. The van der Waals surface area contributed by atoms with Crippen LogP contribution in [-0.4, -0.2) is 57.7 Å². The van der Waals surface area contributed by atoms with Crippen molar-refractivity contribution in [2.24, 2.45) is 0 Å². The molecule has 1 saturated heterocycles. The van der Waals surface area contributed by atoms with Crippen LogP contribution in [0, 0.1) is 0 Å². The molecule has 2 N–H and O–H groups in total. The fourth-order valence-corrected chi connectivity index (χ4v) is 3.23. The molecule has 5 nitrogen and oxygen atoms in total. The van der Waals surface area contributed by atoms with Crippen molar-refractivity contribution in [1.82, 2.24) is 5.32 Å². The van der Waals surface area contributed by atoms with Gasteiger partial charge in [-0.1, -0.05) is 0 Å². The number of benzene rings is 1. The fraction of sp³-hybridized carbons (Fsp3) is 0.588. The van der Waals surface area contributed by atoms with Crippen LogP contribution < -0.4 is 15.0 Å². The molecule has 1 heterocycles. The van der Waals surface area contributed by atoms with Gasteiger partial charge < -0.3 is 19.7 Å². The van der Waals surface area contributed by atoms with Crippen LogP contribution in [0.2, 0.25) is 0 Å². The summed E-state index contributed by atoms with van der Waals surface area (Å²) in [7, 11) is 1.60. The van der Waals surface area contributed by atoms with Crippen molar-refractivity contribution >= 4 is 17.7 Å². The van der Waals surface area contributed by atoms with Gasteiger partial charge in [-0.05, 0) is 38.3 Å². The van der Waals surface area contributed by atoms with Crippen LogP contribution in [0.4, 0.5) is 0 Å². The van der Waals surface area contributed by atoms with Gasteiger partial charge in [-0.3, -0.25) is 4.79 Å². The molecule has 0 spiro atoms. The van der Waals surface area contributed by atoms with Gasteiger partial charge in [0.05, 0.1) is 32.4 Å². The topological polar surface area (TPSA) is 52.0 Å². The Balaban J connectivity index is 2.01. The lowest BCUT2D eigenvalue weighted by Crippen LogP contribution is -3.22. The number of hydrogen-bond acceptors (Lipinski definition) is 4. The molecule has 1 fully saturated rings. The predicted molar refractivity (Wildman–Crippen MR) is 92.7 cm³/mol. The third-order valence-corrected chi connectivity index (χ3v) is 5.12. The number of ether oxygens (including phenoxy) is 2. The highest BCUT2D eigenvalue weighted by molar-refractivity contribution is 7.98. The van der Waals surface area contributed by atoms with E-state index in [1.54, 1.807) is 18.9 Å². The molecule has 23 heavy (non-hydrogen) atoms. The summed E-state index contributed by atoms with van der Waals surface area (Å²) >= 11 is 1.63. The Morgan fingerprint density at radius 2 is 2.09 bits per heavy atom. The Morgan fingerprint density at radius 3 is 2.70 bits per heavy atom. The molecule has 1 aromatic carbocycles. The van der Waals surface area contributed by atoms with Crippen LogP contribution in [0.5, 0.6) is 5.75 Å². The van der Waals surface area contributed by atoms with Crippen molar-refractivity contribution in [3.05, 3.63) is 23.8 Å². The summed E-state index contributed by atoms with van der Waals surface area (Å²) in [6.07, 6.45) is 2.00. The van der Waals surface area contributed by atoms with Gasteiger partial charge in [0.2, 0.25) is 0 Å². The van der Waals surface area contributed by atoms with E-state index in [0.717, 1.165) is 31.2 Å². The highest BCUT2D eigenvalue weighted by atomic mass is 32.2. The number of carbonyl (C=O) groups is 1. The summed E-state index contributed by atoms with van der Waals surface area (Å²) < 4.78 is 10.8. The van der Waals surface area contributed by atoms with E-state index in [4.69, 9.17) is 9.47 Å². The van der Waals surface area contributed by atoms with Crippen LogP contribution in [0.15, 0.2) is 23.1 Å². The quantitative estimate of drug-likeness (QED) is 0.754. The van der Waals surface area contributed by atoms with Gasteiger partial charge in [-0.15, -0.1) is 11.8 Å². The Morgan fingerprint density at radius 1 is 1.39 bits per heavy atom. The van der Waals surface area contributed by atoms with Crippen LogP contribution in [0.3, 0.4) is 0 Å². The van der Waals surface area contributed by atoms with E-state index in [-0.39, 0.29) is 11.4 Å². The number of quaternary nitrogens is 1. The third-order valence-electron chi connectivity index (χ3n) is 4.40. The highest BCUT2D eigenvalue weighted by Gasteiger charge is 2.32. The molecule has 0 aliphatic carbocycles. The summed E-state index contributed by atoms with van der Waals surface area (Å²) in [5.74, 6) is 0.529. The number of hydrogen-bond donors (Lipinski definition) is 2. The molecular weight excluding hydrogens is 312 g/mol. The first-order chi connectivity index (χ1) is 11.0. The van der Waals surface area contributed by atoms with Gasteiger partial charge in [-0.2, -0.15) is 0 Å². The largest absolute Gasteiger partial charge is 0.496 e. The molecule has 1 aliphatic rings. The Hall–Kier alpha value is -1.24. The van der Waals surface area contributed by atoms with E-state index in [1.165, 1.54) is 4.90 Å². The number of carbonyl (C=O) groups excluding carboxylic acids is 1. The first-order valence-corrected chi connectivity index (χ1v) is 9.13. The minimum atomic E-state index is -0.0877. The van der Waals surface area contributed by atoms with Crippen molar-refractivity contribution in [3.63, 3.8) is 0 Å². The predicted octanol–water partition coefficient (Wildman–Crippen LogP) is 0.841. The molecule has 1 aromatic rings. The number of thioether (sulfide) groups is 1. The SMILES string of the molecule is COc1cc(SC)ccc1C(=O)NCC(C)(C)[NH+]1CCOCC1. The first-order valence-electron chi connectivity index (χ1n) is 7.91. The second-order valence-corrected chi connectivity index (χ2v) is 7.23. The number of methoxy groups -OCH3 is 1. The zero-order chi connectivity index (χ0) is 16.9. The summed E-state index contributed by atoms with van der Waals surface area (Å²) in [5, 5.41) is 3.06. The van der Waals surface area contributed by atoms with E-state index in [2.05, 4.69) is 19.2 Å². The van der Waals surface area contributed by atoms with Crippen molar-refractivity contribution in [2.75, 3.05) is 46.2 Å². The van der Waals surface area contributed by atoms with Crippen molar-refractivity contribution in [1.29, 1.82) is 0 Å². The lowest BCUT2D eigenvalue weighted by atomic mass is 10.0. The van der Waals surface area contributed by atoms with Gasteiger partial charge in [0, 0.05) is 4.90 Å². The smallest absolute Gasteiger partial charge is 0.255 e. The summed E-state index contributed by atoms with van der Waals surface area (Å²) in [6.45, 7) is 8.52. The van der Waals surface area contributed by atoms with Gasteiger partial charge in [0.1, 0.15) is 24.4 Å². The molecule has 0 radical (unpaired) electrons. The van der Waals surface area contributed by atoms with Crippen molar-refractivity contribution < 1.29 is 19.2 Å². The number of rotatable bonds is 6. The van der Waals surface area contributed by atoms with E-state index in [0.29, 0.717) is 17.9 Å². The molecule has 0 saturated carbocycles. The molecule has 6 heteroatoms. The van der Waals surface area contributed by atoms with Crippen LogP contribution in [-0.2, 0) is 4.74 Å². The van der Waals surface area contributed by atoms with Gasteiger partial charge in [0.15, 0.2) is 0 Å². The standard InChI is InChI=1S/C17H26N2O3S/c1-17(2,19-7-9-22-10-8-19)12-18-16(20)14-6-5-13(23-4)11-15(14)21-3/h5-6,11H,7-10,12H2,1-4H3,(H,18,20)/p+1. The Labute approximate surface area is 142 Å². The Bertz CT molecular complexity index is 543. The minimum absolute atomic E-state index is 0.0219. The second kappa shape index (κ2) is 8.04. The lowest BCUT2D eigenvalue weighted by molar-refractivity contribution is -0.954. The van der Waals surface area contributed by atoms with E-state index < -0.39 is 0 Å². The van der Waals surface area contributed by atoms with Gasteiger partial charge in [0.25, 0.3) is 5.91 Å². The zero-order valence-electron chi connectivity index (χ0n) is 14.4. The average Bonchev–Trinajstić information content (AvgIpc) is 2.59. The molecule has 0 atom stereocenters. The van der Waals surface area contributed by atoms with Crippen LogP contribution in [0.25, 0.3) is 0 Å². The summed E-state index contributed by atoms with van der Waals surface area (Å²) in [4.78, 5) is 15.1. The molecule has 0 bridgehead atoms. The first kappa shape index (κ1) is 18.1. The Kier molecular flexibility index (Phi) is 6.33. The van der Waals surface area contributed by atoms with Gasteiger partial charge in [-0.25, -0.2) is 0 Å². The van der Waals surface area contributed by atoms with Crippen LogP contribution in [0.1, 0.15) is 24.2 Å². The second-order valence-electron chi connectivity index (χ2n) is 6.35. The molecule has 2 rings (SSSR count). The van der Waals surface area contributed by atoms with E-state index >= 15 is 0 Å². The maximum Gasteiger partial charge on any atom is 0.255 e. The zero-order valence-corrected chi connectivity index (χ0v) is 15.2. The third kappa shape index (κ3) is 4.62. The minimum Gasteiger partial charge on any atom is -0.496 e. The molecule has 1 aliphatic heterocycles.